The molecule has 19 heavy (non-hydrogen) atoms. The van der Waals surface area contributed by atoms with E-state index in [1.807, 2.05) is 36.4 Å². The molecule has 1 heteroatoms. The third-order valence-corrected chi connectivity index (χ3v) is 3.71. The molecule has 0 radical (unpaired) electrons. The van der Waals surface area contributed by atoms with Crippen molar-refractivity contribution in [2.45, 2.75) is 19.8 Å². The standard InChI is InChI=1S/C18H16O/c1-12(2)18-15-9-5-3-7-13(15)17(11-19)14-8-4-6-10-16(14)18/h3-12H,1-2H3. The molecule has 0 saturated carbocycles. The molecule has 0 amide bonds. The quantitative estimate of drug-likeness (QED) is 0.464. The number of hydrogen-bond donors (Lipinski definition) is 0. The van der Waals surface area contributed by atoms with Crippen molar-refractivity contribution in [2.75, 3.05) is 0 Å². The van der Waals surface area contributed by atoms with Crippen LogP contribution in [0.5, 0.6) is 0 Å². The smallest absolute Gasteiger partial charge is 0.151 e. The molecule has 0 atom stereocenters. The highest BCUT2D eigenvalue weighted by Gasteiger charge is 2.14. The van der Waals surface area contributed by atoms with Crippen LogP contribution < -0.4 is 0 Å². The summed E-state index contributed by atoms with van der Waals surface area (Å²) in [5, 5.41) is 4.50. The zero-order chi connectivity index (χ0) is 13.4. The Bertz CT molecular complexity index is 712. The van der Waals surface area contributed by atoms with E-state index >= 15 is 0 Å². The largest absolute Gasteiger partial charge is 0.298 e. The summed E-state index contributed by atoms with van der Waals surface area (Å²) in [6, 6.07) is 16.4. The average Bonchev–Trinajstić information content (AvgIpc) is 2.44. The molecule has 0 aromatic heterocycles. The molecule has 3 aromatic carbocycles. The predicted molar refractivity (Wildman–Crippen MR) is 80.9 cm³/mol. The van der Waals surface area contributed by atoms with E-state index in [-0.39, 0.29) is 0 Å². The normalized spacial score (nSPS) is 11.3. The minimum absolute atomic E-state index is 0.426. The molecular formula is C18H16O. The van der Waals surface area contributed by atoms with Gasteiger partial charge in [0.15, 0.2) is 6.29 Å². The lowest BCUT2D eigenvalue weighted by Crippen LogP contribution is -1.96. The minimum atomic E-state index is 0.426. The topological polar surface area (TPSA) is 17.1 Å². The lowest BCUT2D eigenvalue weighted by Gasteiger charge is -2.16. The highest BCUT2D eigenvalue weighted by Crippen LogP contribution is 2.35. The van der Waals surface area contributed by atoms with Gasteiger partial charge >= 0.3 is 0 Å². The summed E-state index contributed by atoms with van der Waals surface area (Å²) in [6.07, 6.45) is 0.981. The Morgan fingerprint density at radius 1 is 0.789 bits per heavy atom. The van der Waals surface area contributed by atoms with Gasteiger partial charge in [-0.05, 0) is 33.0 Å². The Kier molecular flexibility index (Phi) is 2.83. The lowest BCUT2D eigenvalue weighted by atomic mass is 9.87. The molecule has 0 aliphatic carbocycles. The van der Waals surface area contributed by atoms with Crippen molar-refractivity contribution in [2.24, 2.45) is 0 Å². The van der Waals surface area contributed by atoms with Crippen molar-refractivity contribution < 1.29 is 4.79 Å². The monoisotopic (exact) mass is 248 g/mol. The molecule has 0 unspecified atom stereocenters. The van der Waals surface area contributed by atoms with E-state index in [1.165, 1.54) is 16.3 Å². The molecule has 3 rings (SSSR count). The van der Waals surface area contributed by atoms with Crippen LogP contribution in [-0.2, 0) is 0 Å². The van der Waals surface area contributed by atoms with Crippen molar-refractivity contribution in [3.8, 4) is 0 Å². The second-order valence-electron chi connectivity index (χ2n) is 5.19. The average molecular weight is 248 g/mol. The van der Waals surface area contributed by atoms with Gasteiger partial charge in [0.05, 0.1) is 0 Å². The lowest BCUT2D eigenvalue weighted by molar-refractivity contribution is 0.112. The van der Waals surface area contributed by atoms with Crippen LogP contribution in [0, 0.1) is 0 Å². The van der Waals surface area contributed by atoms with Gasteiger partial charge in [-0.1, -0.05) is 62.4 Å². The fraction of sp³-hybridized carbons (Fsp3) is 0.167. The first-order valence-corrected chi connectivity index (χ1v) is 6.62. The van der Waals surface area contributed by atoms with Crippen LogP contribution in [0.4, 0.5) is 0 Å². The van der Waals surface area contributed by atoms with E-state index < -0.39 is 0 Å². The number of hydrogen-bond acceptors (Lipinski definition) is 1. The first-order valence-electron chi connectivity index (χ1n) is 6.62. The van der Waals surface area contributed by atoms with Gasteiger partial charge in [0, 0.05) is 5.56 Å². The van der Waals surface area contributed by atoms with Gasteiger partial charge in [-0.2, -0.15) is 0 Å². The van der Waals surface area contributed by atoms with Crippen LogP contribution in [0.15, 0.2) is 48.5 Å². The van der Waals surface area contributed by atoms with Crippen LogP contribution in [0.3, 0.4) is 0 Å². The summed E-state index contributed by atoms with van der Waals surface area (Å²) < 4.78 is 0. The van der Waals surface area contributed by atoms with Gasteiger partial charge in [-0.15, -0.1) is 0 Å². The van der Waals surface area contributed by atoms with Gasteiger partial charge in [0.2, 0.25) is 0 Å². The second-order valence-corrected chi connectivity index (χ2v) is 5.19. The van der Waals surface area contributed by atoms with Gasteiger partial charge in [0.25, 0.3) is 0 Å². The maximum Gasteiger partial charge on any atom is 0.151 e. The van der Waals surface area contributed by atoms with Crippen LogP contribution in [0.25, 0.3) is 21.5 Å². The molecule has 1 nitrogen and oxygen atoms in total. The Morgan fingerprint density at radius 3 is 1.58 bits per heavy atom. The summed E-state index contributed by atoms with van der Waals surface area (Å²) in [6.45, 7) is 4.41. The van der Waals surface area contributed by atoms with Crippen LogP contribution in [-0.4, -0.2) is 6.29 Å². The van der Waals surface area contributed by atoms with E-state index in [1.54, 1.807) is 0 Å². The summed E-state index contributed by atoms with van der Waals surface area (Å²) in [4.78, 5) is 11.5. The van der Waals surface area contributed by atoms with Crippen molar-refractivity contribution in [3.63, 3.8) is 0 Å². The minimum Gasteiger partial charge on any atom is -0.298 e. The Labute approximate surface area is 112 Å². The summed E-state index contributed by atoms with van der Waals surface area (Å²) >= 11 is 0. The summed E-state index contributed by atoms with van der Waals surface area (Å²) in [7, 11) is 0. The molecule has 0 bridgehead atoms. The second kappa shape index (κ2) is 4.51. The zero-order valence-corrected chi connectivity index (χ0v) is 11.2. The van der Waals surface area contributed by atoms with E-state index in [0.29, 0.717) is 5.92 Å². The summed E-state index contributed by atoms with van der Waals surface area (Å²) in [5.41, 5.74) is 2.13. The van der Waals surface area contributed by atoms with Gasteiger partial charge in [-0.25, -0.2) is 0 Å². The third-order valence-electron chi connectivity index (χ3n) is 3.71. The molecule has 0 fully saturated rings. The molecule has 0 aliphatic heterocycles. The predicted octanol–water partition coefficient (Wildman–Crippen LogP) is 4.93. The van der Waals surface area contributed by atoms with E-state index in [2.05, 4.69) is 26.0 Å². The van der Waals surface area contributed by atoms with Crippen molar-refractivity contribution in [1.29, 1.82) is 0 Å². The van der Waals surface area contributed by atoms with Crippen LogP contribution >= 0.6 is 0 Å². The summed E-state index contributed by atoms with van der Waals surface area (Å²) in [5.74, 6) is 0.426. The Morgan fingerprint density at radius 2 is 1.21 bits per heavy atom. The number of rotatable bonds is 2. The van der Waals surface area contributed by atoms with Crippen molar-refractivity contribution >= 4 is 27.8 Å². The molecular weight excluding hydrogens is 232 g/mol. The zero-order valence-electron chi connectivity index (χ0n) is 11.2. The first-order chi connectivity index (χ1) is 9.24. The fourth-order valence-electron chi connectivity index (χ4n) is 2.94. The van der Waals surface area contributed by atoms with Gasteiger partial charge in [0.1, 0.15) is 0 Å². The van der Waals surface area contributed by atoms with Gasteiger partial charge < -0.3 is 0 Å². The Balaban J connectivity index is 2.65. The number of fused-ring (bicyclic) bond motifs is 2. The fourth-order valence-corrected chi connectivity index (χ4v) is 2.94. The molecule has 3 aromatic rings. The molecule has 0 N–H and O–H groups in total. The Hall–Kier alpha value is -2.15. The molecule has 0 aliphatic rings. The third kappa shape index (κ3) is 1.74. The molecule has 0 heterocycles. The van der Waals surface area contributed by atoms with E-state index in [9.17, 15) is 4.79 Å². The molecule has 0 spiro atoms. The maximum atomic E-state index is 11.5. The van der Waals surface area contributed by atoms with Crippen molar-refractivity contribution in [3.05, 3.63) is 59.7 Å². The number of carbonyl (C=O) groups is 1. The highest BCUT2D eigenvalue weighted by atomic mass is 16.1. The van der Waals surface area contributed by atoms with Gasteiger partial charge in [-0.3, -0.25) is 4.79 Å². The maximum absolute atomic E-state index is 11.5. The van der Waals surface area contributed by atoms with Crippen molar-refractivity contribution in [1.82, 2.24) is 0 Å². The number of carbonyl (C=O) groups excluding carboxylic acids is 1. The first kappa shape index (κ1) is 11.9. The van der Waals surface area contributed by atoms with E-state index in [0.717, 1.165) is 22.6 Å². The highest BCUT2D eigenvalue weighted by molar-refractivity contribution is 6.14. The SMILES string of the molecule is CC(C)c1c2ccccc2c(C=O)c2ccccc12. The number of benzene rings is 3. The molecule has 94 valence electrons. The van der Waals surface area contributed by atoms with Crippen LogP contribution in [0.2, 0.25) is 0 Å². The number of aldehydes is 1. The van der Waals surface area contributed by atoms with E-state index in [4.69, 9.17) is 0 Å². The van der Waals surface area contributed by atoms with Crippen LogP contribution in [0.1, 0.15) is 35.7 Å². The molecule has 0 saturated heterocycles.